The second-order valence-corrected chi connectivity index (χ2v) is 5.59. The first-order valence-electron chi connectivity index (χ1n) is 3.81. The Kier molecular flexibility index (Phi) is 2.85. The largest absolute Gasteiger partial charge is 0.384 e. The summed E-state index contributed by atoms with van der Waals surface area (Å²) in [7, 11) is -2.42. The molecule has 0 saturated heterocycles. The summed E-state index contributed by atoms with van der Waals surface area (Å²) < 4.78 is 14.7. The molecule has 1 aromatic rings. The Morgan fingerprint density at radius 1 is 1.50 bits per heavy atom. The number of pyridine rings is 1. The molecular formula is C8H11N3O2S. The van der Waals surface area contributed by atoms with E-state index < -0.39 is 15.6 Å². The molecule has 2 N–H and O–H groups in total. The van der Waals surface area contributed by atoms with Gasteiger partial charge in [-0.05, 0) is 12.1 Å². The van der Waals surface area contributed by atoms with E-state index in [0.29, 0.717) is 5.82 Å². The topological polar surface area (TPSA) is 85.4 Å². The van der Waals surface area contributed by atoms with Gasteiger partial charge in [-0.25, -0.2) is 9.19 Å². The van der Waals surface area contributed by atoms with Crippen LogP contribution >= 0.6 is 0 Å². The maximum atomic E-state index is 11.3. The molecule has 1 aromatic heterocycles. The maximum absolute atomic E-state index is 11.3. The highest BCUT2D eigenvalue weighted by molar-refractivity contribution is 7.92. The van der Waals surface area contributed by atoms with Crippen molar-refractivity contribution in [2.24, 2.45) is 4.36 Å². The number of rotatable bonds is 1. The van der Waals surface area contributed by atoms with Gasteiger partial charge in [-0.3, -0.25) is 4.79 Å². The van der Waals surface area contributed by atoms with E-state index in [9.17, 15) is 9.00 Å². The molecule has 5 nitrogen and oxygen atoms in total. The van der Waals surface area contributed by atoms with Crippen LogP contribution in [0.25, 0.3) is 0 Å². The number of carbonyl (C=O) groups excluding carboxylic acids is 1. The molecular weight excluding hydrogens is 202 g/mol. The first-order chi connectivity index (χ1) is 6.38. The SMILES string of the molecule is CS(C)(=O)=NC(=O)c1ccc(N)nc1. The van der Waals surface area contributed by atoms with Crippen LogP contribution in [-0.2, 0) is 9.73 Å². The fourth-order valence-corrected chi connectivity index (χ4v) is 1.29. The van der Waals surface area contributed by atoms with Crippen molar-refractivity contribution in [1.82, 2.24) is 4.98 Å². The Labute approximate surface area is 82.5 Å². The highest BCUT2D eigenvalue weighted by Crippen LogP contribution is 2.04. The summed E-state index contributed by atoms with van der Waals surface area (Å²) in [5, 5.41) is 0. The molecule has 0 radical (unpaired) electrons. The van der Waals surface area contributed by atoms with Crippen molar-refractivity contribution in [2.75, 3.05) is 18.2 Å². The molecule has 0 unspecified atom stereocenters. The number of aromatic nitrogens is 1. The van der Waals surface area contributed by atoms with Crippen LogP contribution in [0.1, 0.15) is 10.4 Å². The Balaban J connectivity index is 3.03. The Bertz CT molecular complexity index is 450. The second-order valence-electron chi connectivity index (χ2n) is 3.05. The van der Waals surface area contributed by atoms with Crippen LogP contribution in [0, 0.1) is 0 Å². The van der Waals surface area contributed by atoms with Crippen molar-refractivity contribution in [3.05, 3.63) is 23.9 Å². The van der Waals surface area contributed by atoms with Gasteiger partial charge in [0, 0.05) is 28.4 Å². The predicted octanol–water partition coefficient (Wildman–Crippen LogP) is 0.532. The van der Waals surface area contributed by atoms with Gasteiger partial charge >= 0.3 is 0 Å². The van der Waals surface area contributed by atoms with E-state index >= 15 is 0 Å². The summed E-state index contributed by atoms with van der Waals surface area (Å²) in [5.74, 6) is -0.206. The molecule has 14 heavy (non-hydrogen) atoms. The van der Waals surface area contributed by atoms with Gasteiger partial charge < -0.3 is 5.73 Å². The van der Waals surface area contributed by atoms with E-state index in [2.05, 4.69) is 9.35 Å². The quantitative estimate of drug-likeness (QED) is 0.737. The molecule has 0 saturated carbocycles. The summed E-state index contributed by atoms with van der Waals surface area (Å²) >= 11 is 0. The van der Waals surface area contributed by atoms with Gasteiger partial charge in [0.2, 0.25) is 0 Å². The summed E-state index contributed by atoms with van der Waals surface area (Å²) in [6, 6.07) is 3.00. The molecule has 1 amide bonds. The third-order valence-electron chi connectivity index (χ3n) is 1.34. The van der Waals surface area contributed by atoms with Crippen LogP contribution in [0.2, 0.25) is 0 Å². The van der Waals surface area contributed by atoms with Gasteiger partial charge in [0.15, 0.2) is 0 Å². The Morgan fingerprint density at radius 3 is 2.57 bits per heavy atom. The van der Waals surface area contributed by atoms with Crippen molar-refractivity contribution in [3.8, 4) is 0 Å². The summed E-state index contributed by atoms with van der Waals surface area (Å²) in [5.41, 5.74) is 5.63. The fourth-order valence-electron chi connectivity index (χ4n) is 0.784. The van der Waals surface area contributed by atoms with Crippen molar-refractivity contribution in [1.29, 1.82) is 0 Å². The highest BCUT2D eigenvalue weighted by Gasteiger charge is 2.05. The van der Waals surface area contributed by atoms with Crippen LogP contribution in [0.5, 0.6) is 0 Å². The van der Waals surface area contributed by atoms with Gasteiger partial charge in [0.1, 0.15) is 5.82 Å². The Morgan fingerprint density at radius 2 is 2.14 bits per heavy atom. The van der Waals surface area contributed by atoms with E-state index in [1.54, 1.807) is 0 Å². The molecule has 0 atom stereocenters. The number of amides is 1. The fraction of sp³-hybridized carbons (Fsp3) is 0.250. The third kappa shape index (κ3) is 3.14. The predicted molar refractivity (Wildman–Crippen MR) is 55.4 cm³/mol. The van der Waals surface area contributed by atoms with Crippen molar-refractivity contribution in [3.63, 3.8) is 0 Å². The minimum absolute atomic E-state index is 0.288. The maximum Gasteiger partial charge on any atom is 0.286 e. The standard InChI is InChI=1S/C8H11N3O2S/c1-14(2,13)11-8(12)6-3-4-7(9)10-5-6/h3-5H,1-2H3,(H2,9,10). The molecule has 6 heteroatoms. The van der Waals surface area contributed by atoms with Crippen LogP contribution < -0.4 is 5.73 Å². The number of nitrogen functional groups attached to an aromatic ring is 1. The van der Waals surface area contributed by atoms with Crippen LogP contribution in [0.3, 0.4) is 0 Å². The van der Waals surface area contributed by atoms with Gasteiger partial charge in [-0.1, -0.05) is 0 Å². The molecule has 76 valence electrons. The Hall–Kier alpha value is -1.43. The molecule has 0 aromatic carbocycles. The zero-order valence-electron chi connectivity index (χ0n) is 7.93. The number of anilines is 1. The lowest BCUT2D eigenvalue weighted by Gasteiger charge is -1.96. The van der Waals surface area contributed by atoms with Crippen LogP contribution in [-0.4, -0.2) is 27.6 Å². The first kappa shape index (κ1) is 10.6. The molecule has 1 rings (SSSR count). The molecule has 0 aliphatic carbocycles. The van der Waals surface area contributed by atoms with E-state index in [1.807, 2.05) is 0 Å². The average Bonchev–Trinajstić information content (AvgIpc) is 2.02. The number of nitrogens with zero attached hydrogens (tertiary/aromatic N) is 2. The van der Waals surface area contributed by atoms with Crippen molar-refractivity contribution >= 4 is 21.5 Å². The molecule has 0 spiro atoms. The van der Waals surface area contributed by atoms with Gasteiger partial charge in [-0.2, -0.15) is 4.36 Å². The molecule has 0 aliphatic heterocycles. The van der Waals surface area contributed by atoms with Crippen molar-refractivity contribution in [2.45, 2.75) is 0 Å². The molecule has 0 fully saturated rings. The second kappa shape index (κ2) is 3.75. The molecule has 1 heterocycles. The van der Waals surface area contributed by atoms with Crippen LogP contribution in [0.15, 0.2) is 22.7 Å². The van der Waals surface area contributed by atoms with Crippen LogP contribution in [0.4, 0.5) is 5.82 Å². The number of carbonyl (C=O) groups is 1. The lowest BCUT2D eigenvalue weighted by molar-refractivity contribution is 0.100. The minimum Gasteiger partial charge on any atom is -0.384 e. The first-order valence-corrected chi connectivity index (χ1v) is 6.14. The number of hydrogen-bond acceptors (Lipinski definition) is 4. The van der Waals surface area contributed by atoms with E-state index in [0.717, 1.165) is 0 Å². The summed E-state index contributed by atoms with van der Waals surface area (Å²) in [6.07, 6.45) is 4.11. The summed E-state index contributed by atoms with van der Waals surface area (Å²) in [4.78, 5) is 15.1. The highest BCUT2D eigenvalue weighted by atomic mass is 32.2. The zero-order valence-corrected chi connectivity index (χ0v) is 8.75. The smallest absolute Gasteiger partial charge is 0.286 e. The van der Waals surface area contributed by atoms with Gasteiger partial charge in [0.05, 0.1) is 5.56 Å². The van der Waals surface area contributed by atoms with Gasteiger partial charge in [0.25, 0.3) is 5.91 Å². The monoisotopic (exact) mass is 213 g/mol. The number of nitrogens with two attached hydrogens (primary N) is 1. The number of hydrogen-bond donors (Lipinski definition) is 1. The van der Waals surface area contributed by atoms with Gasteiger partial charge in [-0.15, -0.1) is 0 Å². The third-order valence-corrected chi connectivity index (χ3v) is 1.94. The van der Waals surface area contributed by atoms with Crippen molar-refractivity contribution < 1.29 is 9.00 Å². The summed E-state index contributed by atoms with van der Waals surface area (Å²) in [6.45, 7) is 0. The minimum atomic E-state index is -2.42. The molecule has 0 aliphatic rings. The normalized spacial score (nSPS) is 11.0. The zero-order chi connectivity index (χ0) is 10.8. The van der Waals surface area contributed by atoms with E-state index in [4.69, 9.17) is 5.73 Å². The van der Waals surface area contributed by atoms with E-state index in [-0.39, 0.29) is 5.56 Å². The van der Waals surface area contributed by atoms with E-state index in [1.165, 1.54) is 30.8 Å². The lowest BCUT2D eigenvalue weighted by atomic mass is 10.3. The lowest BCUT2D eigenvalue weighted by Crippen LogP contribution is -2.02. The average molecular weight is 213 g/mol. The molecule has 0 bridgehead atoms.